The molecule has 0 aromatic heterocycles. The number of nitrogens with one attached hydrogen (secondary N) is 2. The summed E-state index contributed by atoms with van der Waals surface area (Å²) in [5.41, 5.74) is 7.74. The fourth-order valence-electron chi connectivity index (χ4n) is 5.13. The van der Waals surface area contributed by atoms with Crippen LogP contribution in [0.25, 0.3) is 0 Å². The lowest BCUT2D eigenvalue weighted by Crippen LogP contribution is -2.42. The number of hydrogen-bond donors (Lipinski definition) is 3. The Morgan fingerprint density at radius 1 is 1.12 bits per heavy atom. The van der Waals surface area contributed by atoms with Crippen LogP contribution in [0, 0.1) is 5.92 Å². The van der Waals surface area contributed by atoms with Gasteiger partial charge in [-0.2, -0.15) is 0 Å². The molecule has 3 aliphatic rings. The second kappa shape index (κ2) is 8.07. The van der Waals surface area contributed by atoms with Crippen LogP contribution in [0.5, 0.6) is 0 Å². The molecule has 4 rings (SSSR count). The van der Waals surface area contributed by atoms with Crippen LogP contribution in [0.1, 0.15) is 63.0 Å². The van der Waals surface area contributed by atoms with Crippen molar-refractivity contribution < 1.29 is 9.90 Å². The van der Waals surface area contributed by atoms with Gasteiger partial charge in [-0.1, -0.05) is 43.2 Å². The zero-order valence-corrected chi connectivity index (χ0v) is 15.4. The molecule has 2 saturated heterocycles. The lowest BCUT2D eigenvalue weighted by Gasteiger charge is -2.30. The molecule has 5 atom stereocenters. The van der Waals surface area contributed by atoms with Gasteiger partial charge >= 0.3 is 0 Å². The van der Waals surface area contributed by atoms with Gasteiger partial charge in [-0.05, 0) is 43.6 Å². The Kier molecular flexibility index (Phi) is 5.57. The van der Waals surface area contributed by atoms with E-state index in [0.717, 1.165) is 24.9 Å². The molecule has 5 unspecified atom stereocenters. The van der Waals surface area contributed by atoms with Gasteiger partial charge in [-0.15, -0.1) is 0 Å². The Morgan fingerprint density at radius 3 is 2.77 bits per heavy atom. The molecule has 1 amide bonds. The summed E-state index contributed by atoms with van der Waals surface area (Å²) in [6.45, 7) is 0.833. The number of nitrogens with zero attached hydrogens (tertiary/aromatic N) is 1. The monoisotopic (exact) mass is 357 g/mol. The molecule has 2 heterocycles. The summed E-state index contributed by atoms with van der Waals surface area (Å²) in [5.74, 6) is 0.835. The molecule has 1 aromatic rings. The van der Waals surface area contributed by atoms with Crippen molar-refractivity contribution in [1.29, 1.82) is 0 Å². The van der Waals surface area contributed by atoms with Crippen LogP contribution < -0.4 is 10.9 Å². The van der Waals surface area contributed by atoms with Gasteiger partial charge in [0.25, 0.3) is 0 Å². The van der Waals surface area contributed by atoms with Gasteiger partial charge in [-0.3, -0.25) is 15.6 Å². The first-order valence-electron chi connectivity index (χ1n) is 10.3. The van der Waals surface area contributed by atoms with Gasteiger partial charge in [0, 0.05) is 31.1 Å². The second-order valence-corrected chi connectivity index (χ2v) is 8.20. The minimum absolute atomic E-state index is 0.161. The number of carbonyl (C=O) groups excluding carboxylic acids is 1. The normalized spacial score (nSPS) is 32.4. The standard InChI is InChI=1S/C21H31N3O2/c25-20(15-7-2-1-3-8-15)13-16-9-6-12-24(16)21(26)14-19-17-10-4-5-11-18(17)22-23-19/h1-3,7-8,16-20,22-23,25H,4-6,9-14H2. The number of hydrazine groups is 1. The summed E-state index contributed by atoms with van der Waals surface area (Å²) >= 11 is 0. The minimum Gasteiger partial charge on any atom is -0.388 e. The third-order valence-corrected chi connectivity index (χ3v) is 6.56. The molecule has 2 aliphatic heterocycles. The van der Waals surface area contributed by atoms with Crippen molar-refractivity contribution >= 4 is 5.91 Å². The fraction of sp³-hybridized carbons (Fsp3) is 0.667. The van der Waals surface area contributed by atoms with Crippen LogP contribution in [-0.2, 0) is 4.79 Å². The topological polar surface area (TPSA) is 64.6 Å². The maximum atomic E-state index is 13.0. The number of aliphatic hydroxyl groups is 1. The highest BCUT2D eigenvalue weighted by molar-refractivity contribution is 5.77. The number of aliphatic hydroxyl groups excluding tert-OH is 1. The van der Waals surface area contributed by atoms with Gasteiger partial charge < -0.3 is 10.0 Å². The van der Waals surface area contributed by atoms with Crippen LogP contribution in [0.3, 0.4) is 0 Å². The van der Waals surface area contributed by atoms with E-state index in [0.29, 0.717) is 24.8 Å². The van der Waals surface area contributed by atoms with E-state index in [1.807, 2.05) is 35.2 Å². The lowest BCUT2D eigenvalue weighted by molar-refractivity contribution is -0.133. The van der Waals surface area contributed by atoms with Crippen LogP contribution in [0.4, 0.5) is 0 Å². The van der Waals surface area contributed by atoms with Gasteiger partial charge in [0.05, 0.1) is 6.10 Å². The average Bonchev–Trinajstić information content (AvgIpc) is 3.30. The third kappa shape index (κ3) is 3.80. The number of amides is 1. The Labute approximate surface area is 156 Å². The van der Waals surface area contributed by atoms with E-state index >= 15 is 0 Å². The molecule has 5 nitrogen and oxygen atoms in total. The predicted molar refractivity (Wildman–Crippen MR) is 101 cm³/mol. The fourth-order valence-corrected chi connectivity index (χ4v) is 5.13. The number of hydrogen-bond acceptors (Lipinski definition) is 4. The van der Waals surface area contributed by atoms with E-state index in [-0.39, 0.29) is 18.0 Å². The quantitative estimate of drug-likeness (QED) is 0.758. The summed E-state index contributed by atoms with van der Waals surface area (Å²) in [6.07, 6.45) is 7.77. The first-order valence-corrected chi connectivity index (χ1v) is 10.3. The van der Waals surface area contributed by atoms with Crippen molar-refractivity contribution in [3.63, 3.8) is 0 Å². The van der Waals surface area contributed by atoms with Gasteiger partial charge in [0.1, 0.15) is 0 Å². The lowest BCUT2D eigenvalue weighted by atomic mass is 9.80. The zero-order chi connectivity index (χ0) is 17.9. The molecule has 1 saturated carbocycles. The van der Waals surface area contributed by atoms with Gasteiger partial charge in [-0.25, -0.2) is 0 Å². The van der Waals surface area contributed by atoms with E-state index in [1.165, 1.54) is 25.7 Å². The summed E-state index contributed by atoms with van der Waals surface area (Å²) in [7, 11) is 0. The molecular formula is C21H31N3O2. The molecule has 3 fully saturated rings. The third-order valence-electron chi connectivity index (χ3n) is 6.56. The smallest absolute Gasteiger partial charge is 0.224 e. The van der Waals surface area contributed by atoms with Gasteiger partial charge in [0.15, 0.2) is 0 Å². The first kappa shape index (κ1) is 18.0. The van der Waals surface area contributed by atoms with Crippen molar-refractivity contribution in [2.45, 2.75) is 75.6 Å². The van der Waals surface area contributed by atoms with E-state index in [9.17, 15) is 9.90 Å². The maximum absolute atomic E-state index is 13.0. The summed E-state index contributed by atoms with van der Waals surface area (Å²) in [5, 5.41) is 10.6. The molecular weight excluding hydrogens is 326 g/mol. The van der Waals surface area contributed by atoms with Crippen molar-refractivity contribution in [3.05, 3.63) is 35.9 Å². The Hall–Kier alpha value is -1.43. The number of carbonyl (C=O) groups is 1. The van der Waals surface area contributed by atoms with Crippen LogP contribution >= 0.6 is 0 Å². The second-order valence-electron chi connectivity index (χ2n) is 8.20. The van der Waals surface area contributed by atoms with Crippen molar-refractivity contribution in [2.75, 3.05) is 6.54 Å². The predicted octanol–water partition coefficient (Wildman–Crippen LogP) is 2.53. The van der Waals surface area contributed by atoms with E-state index < -0.39 is 6.10 Å². The maximum Gasteiger partial charge on any atom is 0.224 e. The number of fused-ring (bicyclic) bond motifs is 1. The van der Waals surface area contributed by atoms with Crippen molar-refractivity contribution in [3.8, 4) is 0 Å². The summed E-state index contributed by atoms with van der Waals surface area (Å²) in [4.78, 5) is 15.0. The SMILES string of the molecule is O=C(CC1NNC2CCCCC21)N1CCCC1CC(O)c1ccccc1. The zero-order valence-electron chi connectivity index (χ0n) is 15.4. The van der Waals surface area contributed by atoms with E-state index in [2.05, 4.69) is 10.9 Å². The molecule has 1 aromatic carbocycles. The van der Waals surface area contributed by atoms with E-state index in [1.54, 1.807) is 0 Å². The molecule has 5 heteroatoms. The number of benzene rings is 1. The Bertz CT molecular complexity index is 609. The Morgan fingerprint density at radius 2 is 1.92 bits per heavy atom. The van der Waals surface area contributed by atoms with Crippen LogP contribution in [0.15, 0.2) is 30.3 Å². The summed E-state index contributed by atoms with van der Waals surface area (Å²) in [6, 6.07) is 10.7. The highest BCUT2D eigenvalue weighted by atomic mass is 16.3. The molecule has 1 aliphatic carbocycles. The largest absolute Gasteiger partial charge is 0.388 e. The number of rotatable bonds is 5. The highest BCUT2D eigenvalue weighted by Gasteiger charge is 2.40. The Balaban J connectivity index is 1.35. The highest BCUT2D eigenvalue weighted by Crippen LogP contribution is 2.33. The van der Waals surface area contributed by atoms with Gasteiger partial charge in [0.2, 0.25) is 5.91 Å². The van der Waals surface area contributed by atoms with Crippen LogP contribution in [-0.4, -0.2) is 40.6 Å². The minimum atomic E-state index is -0.497. The molecule has 0 spiro atoms. The molecule has 0 radical (unpaired) electrons. The van der Waals surface area contributed by atoms with Crippen LogP contribution in [0.2, 0.25) is 0 Å². The number of likely N-dealkylation sites (tertiary alicyclic amines) is 1. The van der Waals surface area contributed by atoms with Crippen molar-refractivity contribution in [2.24, 2.45) is 5.92 Å². The molecule has 0 bridgehead atoms. The summed E-state index contributed by atoms with van der Waals surface area (Å²) < 4.78 is 0. The van der Waals surface area contributed by atoms with E-state index in [4.69, 9.17) is 0 Å². The molecule has 142 valence electrons. The molecule has 26 heavy (non-hydrogen) atoms. The first-order chi connectivity index (χ1) is 12.7. The average molecular weight is 357 g/mol. The van der Waals surface area contributed by atoms with Crippen molar-refractivity contribution in [1.82, 2.24) is 15.8 Å². The molecule has 3 N–H and O–H groups in total.